The molecule has 1 atom stereocenters. The van der Waals surface area contributed by atoms with Crippen LogP contribution >= 0.6 is 0 Å². The highest BCUT2D eigenvalue weighted by Gasteiger charge is 2.19. The molecule has 64 heavy (non-hydrogen) atoms. The third-order valence-electron chi connectivity index (χ3n) is 12.7. The maximum atomic E-state index is 12.8. The van der Waals surface area contributed by atoms with Crippen LogP contribution in [0.15, 0.2) is 24.3 Å². The summed E-state index contributed by atoms with van der Waals surface area (Å²) >= 11 is 0. The van der Waals surface area contributed by atoms with Gasteiger partial charge in [-0.3, -0.25) is 14.4 Å². The minimum atomic E-state index is -0.773. The summed E-state index contributed by atoms with van der Waals surface area (Å²) in [5, 5.41) is 0. The van der Waals surface area contributed by atoms with Gasteiger partial charge < -0.3 is 14.2 Å². The molecule has 0 spiro atoms. The van der Waals surface area contributed by atoms with Crippen molar-refractivity contribution in [2.75, 3.05) is 13.2 Å². The van der Waals surface area contributed by atoms with E-state index in [1.54, 1.807) is 0 Å². The third-order valence-corrected chi connectivity index (χ3v) is 12.7. The highest BCUT2D eigenvalue weighted by molar-refractivity contribution is 5.71. The zero-order chi connectivity index (χ0) is 46.5. The van der Waals surface area contributed by atoms with Crippen molar-refractivity contribution in [1.29, 1.82) is 0 Å². The van der Waals surface area contributed by atoms with Crippen molar-refractivity contribution in [3.63, 3.8) is 0 Å². The minimum Gasteiger partial charge on any atom is -0.462 e. The number of rotatable bonds is 52. The van der Waals surface area contributed by atoms with Crippen LogP contribution in [0, 0.1) is 0 Å². The lowest BCUT2D eigenvalue weighted by atomic mass is 10.0. The van der Waals surface area contributed by atoms with Crippen LogP contribution in [0.1, 0.15) is 310 Å². The molecule has 0 heterocycles. The Morgan fingerprint density at radius 1 is 0.312 bits per heavy atom. The van der Waals surface area contributed by atoms with Crippen molar-refractivity contribution >= 4 is 17.9 Å². The third kappa shape index (κ3) is 50.9. The molecule has 0 amide bonds. The van der Waals surface area contributed by atoms with E-state index < -0.39 is 6.10 Å². The molecule has 0 aromatic heterocycles. The lowest BCUT2D eigenvalue weighted by molar-refractivity contribution is -0.167. The molecule has 0 aliphatic carbocycles. The van der Waals surface area contributed by atoms with E-state index in [0.29, 0.717) is 19.3 Å². The van der Waals surface area contributed by atoms with Gasteiger partial charge in [-0.1, -0.05) is 270 Å². The van der Waals surface area contributed by atoms with Crippen LogP contribution < -0.4 is 0 Å². The largest absolute Gasteiger partial charge is 0.462 e. The first-order valence-electron chi connectivity index (χ1n) is 28.3. The second-order valence-electron chi connectivity index (χ2n) is 19.2. The van der Waals surface area contributed by atoms with Gasteiger partial charge in [-0.25, -0.2) is 0 Å². The number of hydrogen-bond acceptors (Lipinski definition) is 6. The van der Waals surface area contributed by atoms with Gasteiger partial charge in [-0.15, -0.1) is 0 Å². The molecule has 0 N–H and O–H groups in total. The van der Waals surface area contributed by atoms with Crippen LogP contribution in [0.3, 0.4) is 0 Å². The Labute approximate surface area is 398 Å². The Hall–Kier alpha value is -2.11. The molecule has 6 heteroatoms. The molecule has 6 nitrogen and oxygen atoms in total. The van der Waals surface area contributed by atoms with Gasteiger partial charge in [-0.05, 0) is 44.9 Å². The van der Waals surface area contributed by atoms with Crippen LogP contribution in [0.5, 0.6) is 0 Å². The van der Waals surface area contributed by atoms with Crippen LogP contribution in [0.25, 0.3) is 0 Å². The molecule has 1 unspecified atom stereocenters. The summed E-state index contributed by atoms with van der Waals surface area (Å²) in [6.07, 6.45) is 61.7. The Bertz CT molecular complexity index is 1040. The van der Waals surface area contributed by atoms with Gasteiger partial charge in [0.05, 0.1) is 0 Å². The summed E-state index contributed by atoms with van der Waals surface area (Å²) in [7, 11) is 0. The first-order valence-corrected chi connectivity index (χ1v) is 28.3. The van der Waals surface area contributed by atoms with Crippen LogP contribution in [-0.4, -0.2) is 37.2 Å². The molecule has 0 aromatic rings. The molecule has 0 aliphatic heterocycles. The maximum absolute atomic E-state index is 12.8. The van der Waals surface area contributed by atoms with E-state index in [2.05, 4.69) is 45.1 Å². The highest BCUT2D eigenvalue weighted by Crippen LogP contribution is 2.17. The molecule has 0 radical (unpaired) electrons. The summed E-state index contributed by atoms with van der Waals surface area (Å²) in [4.78, 5) is 38.1. The van der Waals surface area contributed by atoms with E-state index in [9.17, 15) is 14.4 Å². The predicted molar refractivity (Wildman–Crippen MR) is 275 cm³/mol. The van der Waals surface area contributed by atoms with E-state index in [1.807, 2.05) is 0 Å². The molecule has 0 fully saturated rings. The number of carbonyl (C=O) groups excluding carboxylic acids is 3. The second-order valence-corrected chi connectivity index (χ2v) is 19.2. The minimum absolute atomic E-state index is 0.0717. The second kappa shape index (κ2) is 53.5. The summed E-state index contributed by atoms with van der Waals surface area (Å²) in [6.45, 7) is 6.63. The molecule has 376 valence electrons. The lowest BCUT2D eigenvalue weighted by Crippen LogP contribution is -2.30. The Morgan fingerprint density at radius 3 is 0.906 bits per heavy atom. The van der Waals surface area contributed by atoms with E-state index in [0.717, 1.165) is 83.5 Å². The van der Waals surface area contributed by atoms with Crippen LogP contribution in [-0.2, 0) is 28.6 Å². The van der Waals surface area contributed by atoms with E-state index in [1.165, 1.54) is 186 Å². The molecular weight excluding hydrogens is 793 g/mol. The van der Waals surface area contributed by atoms with Gasteiger partial charge in [0.2, 0.25) is 0 Å². The molecule has 0 saturated heterocycles. The van der Waals surface area contributed by atoms with Gasteiger partial charge in [0.15, 0.2) is 6.10 Å². The summed E-state index contributed by atoms with van der Waals surface area (Å²) in [5.74, 6) is -0.867. The fraction of sp³-hybridized carbons (Fsp3) is 0.879. The van der Waals surface area contributed by atoms with Crippen LogP contribution in [0.4, 0.5) is 0 Å². The van der Waals surface area contributed by atoms with E-state index >= 15 is 0 Å². The number of esters is 3. The number of ether oxygens (including phenoxy) is 3. The van der Waals surface area contributed by atoms with Crippen molar-refractivity contribution in [3.8, 4) is 0 Å². The number of hydrogen-bond donors (Lipinski definition) is 0. The first-order chi connectivity index (χ1) is 31.5. The fourth-order valence-electron chi connectivity index (χ4n) is 8.40. The van der Waals surface area contributed by atoms with Gasteiger partial charge >= 0.3 is 17.9 Å². The van der Waals surface area contributed by atoms with Crippen molar-refractivity contribution in [2.45, 2.75) is 316 Å². The summed E-state index contributed by atoms with van der Waals surface area (Å²) < 4.78 is 16.8. The first kappa shape index (κ1) is 61.9. The predicted octanol–water partition coefficient (Wildman–Crippen LogP) is 18.7. The Balaban J connectivity index is 4.28. The summed E-state index contributed by atoms with van der Waals surface area (Å²) in [6, 6.07) is 0. The van der Waals surface area contributed by atoms with Gasteiger partial charge in [0, 0.05) is 19.3 Å². The van der Waals surface area contributed by atoms with Gasteiger partial charge in [-0.2, -0.15) is 0 Å². The molecule has 0 bridgehead atoms. The highest BCUT2D eigenvalue weighted by atomic mass is 16.6. The van der Waals surface area contributed by atoms with Crippen molar-refractivity contribution < 1.29 is 28.6 Å². The number of unbranched alkanes of at least 4 members (excludes halogenated alkanes) is 37. The smallest absolute Gasteiger partial charge is 0.306 e. The van der Waals surface area contributed by atoms with E-state index in [-0.39, 0.29) is 31.1 Å². The van der Waals surface area contributed by atoms with Crippen LogP contribution in [0.2, 0.25) is 0 Å². The number of allylic oxidation sites excluding steroid dienone is 4. The van der Waals surface area contributed by atoms with Gasteiger partial charge in [0.1, 0.15) is 13.2 Å². The Morgan fingerprint density at radius 2 is 0.578 bits per heavy atom. The fourth-order valence-corrected chi connectivity index (χ4v) is 8.40. The zero-order valence-electron chi connectivity index (χ0n) is 43.1. The van der Waals surface area contributed by atoms with E-state index in [4.69, 9.17) is 14.2 Å². The zero-order valence-corrected chi connectivity index (χ0v) is 43.1. The Kier molecular flexibility index (Phi) is 51.7. The monoisotopic (exact) mass is 901 g/mol. The molecule has 0 aromatic carbocycles. The normalized spacial score (nSPS) is 12.1. The average Bonchev–Trinajstić information content (AvgIpc) is 3.29. The molecular formula is C58H108O6. The number of carbonyl (C=O) groups is 3. The summed E-state index contributed by atoms with van der Waals surface area (Å²) in [5.41, 5.74) is 0. The maximum Gasteiger partial charge on any atom is 0.306 e. The SMILES string of the molecule is CCCC/C=C\C/C=C\CCCCCCCC(=O)OC(COC(=O)CCCCCCCCCCCCCC)COC(=O)CCCCCCCCCCCCCCCCCCCCCC. The molecule has 0 rings (SSSR count). The van der Waals surface area contributed by atoms with Crippen molar-refractivity contribution in [1.82, 2.24) is 0 Å². The van der Waals surface area contributed by atoms with Gasteiger partial charge in [0.25, 0.3) is 0 Å². The lowest BCUT2D eigenvalue weighted by Gasteiger charge is -2.18. The topological polar surface area (TPSA) is 78.9 Å². The van der Waals surface area contributed by atoms with Crippen molar-refractivity contribution in [3.05, 3.63) is 24.3 Å². The average molecular weight is 901 g/mol. The molecule has 0 saturated carbocycles. The standard InChI is InChI=1S/C58H108O6/c1-4-7-10-13-16-19-22-25-27-28-29-30-31-32-34-36-39-42-45-48-51-57(60)63-54-55(53-62-56(59)50-47-44-41-38-35-24-21-18-15-12-9-6-3)64-58(61)52-49-46-43-40-37-33-26-23-20-17-14-11-8-5-2/h14,17,23,26,55H,4-13,15-16,18-22,24-25,27-54H2,1-3H3/b17-14-,26-23-. The van der Waals surface area contributed by atoms with Crippen molar-refractivity contribution in [2.24, 2.45) is 0 Å². The molecule has 0 aliphatic rings. The quantitative estimate of drug-likeness (QED) is 0.0262.